The van der Waals surface area contributed by atoms with Crippen molar-refractivity contribution in [3.8, 4) is 23.0 Å². The van der Waals surface area contributed by atoms with Crippen LogP contribution in [0.1, 0.15) is 28.4 Å². The third-order valence-electron chi connectivity index (χ3n) is 5.30. The second-order valence-corrected chi connectivity index (χ2v) is 8.11. The molecule has 8 nitrogen and oxygen atoms in total. The number of carbonyl (C=O) groups is 2. The van der Waals surface area contributed by atoms with Gasteiger partial charge in [-0.3, -0.25) is 4.79 Å². The zero-order valence-corrected chi connectivity index (χ0v) is 20.0. The number of fused-ring (bicyclic) bond motifs is 1. The van der Waals surface area contributed by atoms with Crippen molar-refractivity contribution in [1.29, 1.82) is 0 Å². The number of hydrogen-bond acceptors (Lipinski definition) is 7. The molecule has 0 radical (unpaired) electrons. The number of carbonyl (C=O) groups excluding carboxylic acids is 2. The Morgan fingerprint density at radius 1 is 1.03 bits per heavy atom. The van der Waals surface area contributed by atoms with Crippen LogP contribution in [-0.4, -0.2) is 31.9 Å². The van der Waals surface area contributed by atoms with Gasteiger partial charge in [0.2, 0.25) is 6.79 Å². The van der Waals surface area contributed by atoms with Crippen LogP contribution < -0.4 is 24.3 Å². The summed E-state index contributed by atoms with van der Waals surface area (Å²) >= 11 is 6.17. The van der Waals surface area contributed by atoms with E-state index in [9.17, 15) is 9.59 Å². The summed E-state index contributed by atoms with van der Waals surface area (Å²) < 4.78 is 27.1. The molecule has 1 aliphatic rings. The monoisotopic (exact) mass is 497 g/mol. The summed E-state index contributed by atoms with van der Waals surface area (Å²) in [5.41, 5.74) is 1.88. The summed E-state index contributed by atoms with van der Waals surface area (Å²) in [6.07, 6.45) is -1.00. The molecule has 0 spiro atoms. The van der Waals surface area contributed by atoms with Gasteiger partial charge in [0.15, 0.2) is 29.1 Å². The highest BCUT2D eigenvalue weighted by Gasteiger charge is 2.21. The van der Waals surface area contributed by atoms with Crippen molar-refractivity contribution in [2.75, 3.05) is 13.9 Å². The summed E-state index contributed by atoms with van der Waals surface area (Å²) in [6, 6.07) is 17.4. The van der Waals surface area contributed by atoms with E-state index in [4.69, 9.17) is 35.3 Å². The van der Waals surface area contributed by atoms with E-state index in [0.717, 1.165) is 11.1 Å². The lowest BCUT2D eigenvalue weighted by atomic mass is 10.2. The van der Waals surface area contributed by atoms with Crippen LogP contribution in [0.25, 0.3) is 0 Å². The molecule has 1 N–H and O–H groups in total. The van der Waals surface area contributed by atoms with E-state index in [1.165, 1.54) is 20.1 Å². The van der Waals surface area contributed by atoms with Gasteiger partial charge in [0.1, 0.15) is 6.61 Å². The molecule has 0 bridgehead atoms. The molecule has 0 aliphatic carbocycles. The van der Waals surface area contributed by atoms with Gasteiger partial charge in [-0.15, -0.1) is 0 Å². The van der Waals surface area contributed by atoms with Crippen LogP contribution in [-0.2, 0) is 22.7 Å². The Morgan fingerprint density at radius 2 is 1.83 bits per heavy atom. The van der Waals surface area contributed by atoms with E-state index < -0.39 is 18.0 Å². The number of benzene rings is 3. The first-order valence-electron chi connectivity index (χ1n) is 10.9. The Kier molecular flexibility index (Phi) is 7.62. The number of ether oxygens (including phenoxy) is 5. The quantitative estimate of drug-likeness (QED) is 0.434. The van der Waals surface area contributed by atoms with Crippen molar-refractivity contribution in [3.05, 3.63) is 82.4 Å². The van der Waals surface area contributed by atoms with Gasteiger partial charge in [0, 0.05) is 17.1 Å². The molecule has 3 aromatic carbocycles. The van der Waals surface area contributed by atoms with Gasteiger partial charge in [-0.2, -0.15) is 0 Å². The Balaban J connectivity index is 1.32. The Hall–Kier alpha value is -3.91. The van der Waals surface area contributed by atoms with Gasteiger partial charge in [-0.1, -0.05) is 35.9 Å². The largest absolute Gasteiger partial charge is 0.493 e. The lowest BCUT2D eigenvalue weighted by Gasteiger charge is -2.15. The van der Waals surface area contributed by atoms with Gasteiger partial charge in [0.25, 0.3) is 5.91 Å². The summed E-state index contributed by atoms with van der Waals surface area (Å²) in [6.45, 7) is 2.17. The molecule has 0 unspecified atom stereocenters. The van der Waals surface area contributed by atoms with E-state index in [2.05, 4.69) is 5.32 Å². The Bertz CT molecular complexity index is 1230. The molecule has 1 atom stereocenters. The van der Waals surface area contributed by atoms with Crippen molar-refractivity contribution in [2.45, 2.75) is 26.2 Å². The second-order valence-electron chi connectivity index (χ2n) is 7.70. The molecule has 3 aromatic rings. The predicted molar refractivity (Wildman–Crippen MR) is 128 cm³/mol. The zero-order chi connectivity index (χ0) is 24.8. The van der Waals surface area contributed by atoms with Gasteiger partial charge in [0.05, 0.1) is 12.7 Å². The first-order valence-corrected chi connectivity index (χ1v) is 11.2. The SMILES string of the molecule is COc1cc(C(=O)O[C@@H](C)C(=O)NCc2ccc3c(c2)OCO3)ccc1OCc1ccccc1Cl. The first kappa shape index (κ1) is 24.2. The van der Waals surface area contributed by atoms with Gasteiger partial charge in [-0.25, -0.2) is 4.79 Å². The molecule has 4 rings (SSSR count). The number of amides is 1. The fraction of sp³-hybridized carbons (Fsp3) is 0.231. The van der Waals surface area contributed by atoms with Gasteiger partial charge in [-0.05, 0) is 48.9 Å². The maximum Gasteiger partial charge on any atom is 0.339 e. The number of rotatable bonds is 9. The van der Waals surface area contributed by atoms with Crippen LogP contribution in [0.2, 0.25) is 5.02 Å². The fourth-order valence-electron chi connectivity index (χ4n) is 3.35. The minimum Gasteiger partial charge on any atom is -0.493 e. The molecule has 0 saturated carbocycles. The molecule has 1 heterocycles. The number of halogens is 1. The molecule has 9 heteroatoms. The third kappa shape index (κ3) is 5.96. The number of hydrogen-bond donors (Lipinski definition) is 1. The number of methoxy groups -OCH3 is 1. The average Bonchev–Trinajstić information content (AvgIpc) is 3.34. The minimum atomic E-state index is -1.00. The first-order chi connectivity index (χ1) is 16.9. The highest BCUT2D eigenvalue weighted by molar-refractivity contribution is 6.31. The summed E-state index contributed by atoms with van der Waals surface area (Å²) in [5.74, 6) is 1.00. The van der Waals surface area contributed by atoms with Crippen molar-refractivity contribution < 1.29 is 33.3 Å². The van der Waals surface area contributed by atoms with Crippen LogP contribution >= 0.6 is 11.6 Å². The molecule has 1 amide bonds. The normalized spacial score (nSPS) is 12.5. The van der Waals surface area contributed by atoms with Crippen LogP contribution in [0.5, 0.6) is 23.0 Å². The third-order valence-corrected chi connectivity index (χ3v) is 5.67. The molecule has 0 aromatic heterocycles. The van der Waals surface area contributed by atoms with Crippen LogP contribution in [0.3, 0.4) is 0 Å². The fourth-order valence-corrected chi connectivity index (χ4v) is 3.54. The molecule has 0 saturated heterocycles. The summed E-state index contributed by atoms with van der Waals surface area (Å²) in [5, 5.41) is 3.34. The van der Waals surface area contributed by atoms with Crippen LogP contribution in [0.4, 0.5) is 0 Å². The number of esters is 1. The standard InChI is InChI=1S/C26H24ClNO7/c1-16(25(29)28-13-17-7-9-22-24(11-17)34-15-33-22)35-26(30)18-8-10-21(23(12-18)31-2)32-14-19-5-3-4-6-20(19)27/h3-12,16H,13-15H2,1-2H3,(H,28,29)/t16-/m0/s1. The molecular formula is C26H24ClNO7. The van der Waals surface area contributed by atoms with Crippen molar-refractivity contribution >= 4 is 23.5 Å². The average molecular weight is 498 g/mol. The van der Waals surface area contributed by atoms with Gasteiger partial charge >= 0.3 is 5.97 Å². The predicted octanol–water partition coefficient (Wildman–Crippen LogP) is 4.52. The van der Waals surface area contributed by atoms with E-state index in [-0.39, 0.29) is 25.5 Å². The van der Waals surface area contributed by atoms with E-state index in [1.54, 1.807) is 30.3 Å². The topological polar surface area (TPSA) is 92.3 Å². The van der Waals surface area contributed by atoms with Crippen molar-refractivity contribution in [1.82, 2.24) is 5.32 Å². The van der Waals surface area contributed by atoms with Crippen molar-refractivity contribution in [3.63, 3.8) is 0 Å². The smallest absolute Gasteiger partial charge is 0.339 e. The summed E-state index contributed by atoms with van der Waals surface area (Å²) in [7, 11) is 1.47. The molecule has 0 fully saturated rings. The van der Waals surface area contributed by atoms with E-state index in [1.807, 2.05) is 24.3 Å². The maximum absolute atomic E-state index is 12.6. The Morgan fingerprint density at radius 3 is 2.63 bits per heavy atom. The maximum atomic E-state index is 12.6. The van der Waals surface area contributed by atoms with Crippen LogP contribution in [0.15, 0.2) is 60.7 Å². The van der Waals surface area contributed by atoms with Crippen molar-refractivity contribution in [2.24, 2.45) is 0 Å². The number of nitrogens with one attached hydrogen (secondary N) is 1. The summed E-state index contributed by atoms with van der Waals surface area (Å²) in [4.78, 5) is 25.1. The zero-order valence-electron chi connectivity index (χ0n) is 19.2. The molecule has 35 heavy (non-hydrogen) atoms. The molecular weight excluding hydrogens is 474 g/mol. The van der Waals surface area contributed by atoms with E-state index in [0.29, 0.717) is 28.0 Å². The Labute approximate surface area is 207 Å². The molecule has 182 valence electrons. The van der Waals surface area contributed by atoms with Crippen LogP contribution in [0, 0.1) is 0 Å². The molecule has 1 aliphatic heterocycles. The second kappa shape index (κ2) is 11.0. The highest BCUT2D eigenvalue weighted by Crippen LogP contribution is 2.32. The van der Waals surface area contributed by atoms with E-state index >= 15 is 0 Å². The highest BCUT2D eigenvalue weighted by atomic mass is 35.5. The lowest BCUT2D eigenvalue weighted by Crippen LogP contribution is -2.35. The van der Waals surface area contributed by atoms with Gasteiger partial charge < -0.3 is 29.0 Å². The lowest BCUT2D eigenvalue weighted by molar-refractivity contribution is -0.129. The minimum absolute atomic E-state index is 0.178.